The molecule has 0 fully saturated rings. The topological polar surface area (TPSA) is 310 Å². The molecule has 2 rings (SSSR count). The van der Waals surface area contributed by atoms with Crippen LogP contribution in [0.4, 0.5) is 21.0 Å². The van der Waals surface area contributed by atoms with Crippen LogP contribution in [-0.4, -0.2) is 98.2 Å². The second-order valence-corrected chi connectivity index (χ2v) is 12.6. The number of nitro groups is 1. The van der Waals surface area contributed by atoms with E-state index < -0.39 is 70.8 Å². The smallest absolute Gasteiger partial charge is 0.514 e. The van der Waals surface area contributed by atoms with Crippen LogP contribution in [0.2, 0.25) is 0 Å². The Hall–Kier alpha value is -5.25. The Morgan fingerprint density at radius 3 is 2.09 bits per heavy atom. The molecule has 0 saturated heterocycles. The third-order valence-electron chi connectivity index (χ3n) is 7.91. The van der Waals surface area contributed by atoms with Gasteiger partial charge in [0.2, 0.25) is 23.6 Å². The standard InChI is InChI=1S/C36H49N8O13.Y/c1-22(2)31(43-33(48)28(14-15-30(46)54-3)41-29(45)16-19-55-20-17-37)34(49)42-27(5-4-18-39-35(38)50)32(47)40-24-8-6-23(7-9-24)21-56-36(51)57-26-12-10-25(11-13-26)44(52)53;/h6-13,22,27-28,31,37H,4-5,14-21H2,1-3H3,(H,40,47)(H,41,45)(H,42,49)(H,43,48)(H3,38,39,50);/q-1;/t27-,28-,31-;/m0./s1. The van der Waals surface area contributed by atoms with Crippen molar-refractivity contribution in [3.63, 3.8) is 0 Å². The van der Waals surface area contributed by atoms with E-state index in [1.807, 2.05) is 0 Å². The van der Waals surface area contributed by atoms with Crippen LogP contribution in [-0.2, 0) is 77.5 Å². The van der Waals surface area contributed by atoms with Crippen molar-refractivity contribution in [1.29, 1.82) is 0 Å². The van der Waals surface area contributed by atoms with Crippen molar-refractivity contribution in [3.8, 4) is 5.75 Å². The van der Waals surface area contributed by atoms with E-state index in [1.54, 1.807) is 26.0 Å². The minimum Gasteiger partial charge on any atom is -0.676 e. The van der Waals surface area contributed by atoms with E-state index in [2.05, 4.69) is 31.3 Å². The number of esters is 1. The van der Waals surface area contributed by atoms with Crippen LogP contribution in [0.1, 0.15) is 51.5 Å². The fourth-order valence-corrected chi connectivity index (χ4v) is 4.89. The number of carbonyl (C=O) groups excluding carboxylic acids is 7. The van der Waals surface area contributed by atoms with Gasteiger partial charge in [0, 0.05) is 76.5 Å². The summed E-state index contributed by atoms with van der Waals surface area (Å²) in [7, 11) is 1.18. The molecule has 2 aromatic carbocycles. The second-order valence-electron chi connectivity index (χ2n) is 12.6. The molecule has 0 aromatic heterocycles. The molecular formula is C36H49N8O13Y-. The maximum Gasteiger partial charge on any atom is 0.514 e. The molecule has 21 nitrogen and oxygen atoms in total. The molecule has 0 bridgehead atoms. The van der Waals surface area contributed by atoms with E-state index in [-0.39, 0.29) is 109 Å². The maximum atomic E-state index is 13.6. The summed E-state index contributed by atoms with van der Waals surface area (Å²) in [4.78, 5) is 98.5. The molecule has 2 aromatic rings. The zero-order chi connectivity index (χ0) is 42.3. The van der Waals surface area contributed by atoms with Gasteiger partial charge in [-0.3, -0.25) is 34.1 Å². The van der Waals surface area contributed by atoms with Crippen LogP contribution < -0.4 is 37.1 Å². The first-order chi connectivity index (χ1) is 27.1. The molecule has 1 radical (unpaired) electrons. The number of nitrogens with one attached hydrogen (secondary N) is 6. The van der Waals surface area contributed by atoms with Gasteiger partial charge < -0.3 is 57.0 Å². The minimum atomic E-state index is -1.23. The number of nitro benzene ring substituents is 1. The average Bonchev–Trinajstić information content (AvgIpc) is 3.17. The molecule has 315 valence electrons. The third-order valence-corrected chi connectivity index (χ3v) is 7.91. The van der Waals surface area contributed by atoms with Crippen LogP contribution in [0, 0.1) is 16.0 Å². The van der Waals surface area contributed by atoms with Crippen molar-refractivity contribution in [2.45, 2.75) is 70.7 Å². The molecule has 0 aliphatic rings. The number of urea groups is 1. The Morgan fingerprint density at radius 2 is 1.50 bits per heavy atom. The number of carbonyl (C=O) groups is 7. The summed E-state index contributed by atoms with van der Waals surface area (Å²) in [5.41, 5.74) is 12.9. The number of primary amides is 1. The van der Waals surface area contributed by atoms with E-state index in [0.29, 0.717) is 11.3 Å². The van der Waals surface area contributed by atoms with Crippen LogP contribution in [0.25, 0.3) is 5.73 Å². The number of hydrogen-bond donors (Lipinski definition) is 6. The van der Waals surface area contributed by atoms with Gasteiger partial charge in [-0.1, -0.05) is 26.0 Å². The maximum absolute atomic E-state index is 13.6. The molecule has 0 heterocycles. The Labute approximate surface area is 359 Å². The number of rotatable bonds is 24. The Balaban J connectivity index is 0.0000168. The van der Waals surface area contributed by atoms with Gasteiger partial charge in [-0.05, 0) is 55.0 Å². The molecular weight excluding hydrogens is 841 g/mol. The van der Waals surface area contributed by atoms with E-state index >= 15 is 0 Å². The number of non-ortho nitro benzene ring substituents is 1. The van der Waals surface area contributed by atoms with Gasteiger partial charge in [-0.2, -0.15) is 0 Å². The number of methoxy groups -OCH3 is 1. The first-order valence-electron chi connectivity index (χ1n) is 17.8. The van der Waals surface area contributed by atoms with Gasteiger partial charge in [0.15, 0.2) is 0 Å². The Kier molecular flexibility index (Phi) is 24.0. The molecule has 6 amide bonds. The summed E-state index contributed by atoms with van der Waals surface area (Å²) < 4.78 is 19.9. The fraction of sp³-hybridized carbons (Fsp3) is 0.472. The SMILES string of the molecule is COC(=O)CC[C@H](NC(=O)CCOCC[NH-])C(=O)N[C@H](C(=O)N[C@@H](CCCNC(N)=O)C(=O)Nc1ccc(COC(=O)Oc2ccc([N+](=O)[O-])cc2)cc1)C(C)C.[Y]. The zero-order valence-electron chi connectivity index (χ0n) is 32.4. The van der Waals surface area contributed by atoms with E-state index in [4.69, 9.17) is 25.7 Å². The molecule has 58 heavy (non-hydrogen) atoms. The molecule has 0 unspecified atom stereocenters. The van der Waals surface area contributed by atoms with Gasteiger partial charge in [0.1, 0.15) is 30.5 Å². The first kappa shape index (κ1) is 50.8. The van der Waals surface area contributed by atoms with Gasteiger partial charge in [-0.25, -0.2) is 9.59 Å². The molecule has 0 aliphatic carbocycles. The molecule has 0 spiro atoms. The number of nitrogens with two attached hydrogens (primary N) is 1. The summed E-state index contributed by atoms with van der Waals surface area (Å²) in [6.45, 7) is 3.35. The normalized spacial score (nSPS) is 12.0. The van der Waals surface area contributed by atoms with Crippen LogP contribution in [0.3, 0.4) is 0 Å². The van der Waals surface area contributed by atoms with Crippen molar-refractivity contribution < 1.29 is 90.1 Å². The van der Waals surface area contributed by atoms with Crippen molar-refractivity contribution in [2.24, 2.45) is 11.7 Å². The van der Waals surface area contributed by atoms with Gasteiger partial charge in [0.25, 0.3) is 5.69 Å². The van der Waals surface area contributed by atoms with Crippen molar-refractivity contribution >= 4 is 53.2 Å². The minimum absolute atomic E-state index is 0. The molecule has 3 atom stereocenters. The largest absolute Gasteiger partial charge is 0.676 e. The summed E-state index contributed by atoms with van der Waals surface area (Å²) >= 11 is 0. The number of anilines is 1. The molecule has 0 saturated carbocycles. The average molecular weight is 891 g/mol. The quantitative estimate of drug-likeness (QED) is 0.0290. The van der Waals surface area contributed by atoms with E-state index in [1.165, 1.54) is 43.5 Å². The zero-order valence-corrected chi connectivity index (χ0v) is 35.2. The molecule has 8 N–H and O–H groups in total. The first-order valence-corrected chi connectivity index (χ1v) is 17.8. The Bertz CT molecular complexity index is 1680. The van der Waals surface area contributed by atoms with Gasteiger partial charge in [0.05, 0.1) is 18.6 Å². The number of ether oxygens (including phenoxy) is 4. The van der Waals surface area contributed by atoms with Crippen molar-refractivity contribution in [2.75, 3.05) is 38.7 Å². The third kappa shape index (κ3) is 19.8. The van der Waals surface area contributed by atoms with E-state index in [0.717, 1.165) is 0 Å². The predicted octanol–water partition coefficient (Wildman–Crippen LogP) is 2.22. The van der Waals surface area contributed by atoms with Crippen molar-refractivity contribution in [1.82, 2.24) is 21.3 Å². The summed E-state index contributed by atoms with van der Waals surface area (Å²) in [6.07, 6.45) is -1.26. The van der Waals surface area contributed by atoms with E-state index in [9.17, 15) is 43.7 Å². The Morgan fingerprint density at radius 1 is 0.845 bits per heavy atom. The van der Waals surface area contributed by atoms with Crippen LogP contribution in [0.5, 0.6) is 5.75 Å². The van der Waals surface area contributed by atoms with Crippen LogP contribution >= 0.6 is 0 Å². The predicted molar refractivity (Wildman–Crippen MR) is 202 cm³/mol. The number of nitrogens with zero attached hydrogens (tertiary/aromatic N) is 1. The summed E-state index contributed by atoms with van der Waals surface area (Å²) in [6, 6.07) is 6.63. The fourth-order valence-electron chi connectivity index (χ4n) is 4.89. The van der Waals surface area contributed by atoms with Crippen LogP contribution in [0.15, 0.2) is 48.5 Å². The summed E-state index contributed by atoms with van der Waals surface area (Å²) in [5.74, 6) is -3.77. The monoisotopic (exact) mass is 890 g/mol. The summed E-state index contributed by atoms with van der Waals surface area (Å²) in [5, 5.41) is 23.7. The van der Waals surface area contributed by atoms with Gasteiger partial charge >= 0.3 is 18.2 Å². The molecule has 22 heteroatoms. The molecule has 0 aliphatic heterocycles. The number of amides is 6. The second kappa shape index (κ2) is 27.4. The van der Waals surface area contributed by atoms with Crippen molar-refractivity contribution in [3.05, 3.63) is 69.9 Å². The van der Waals surface area contributed by atoms with Gasteiger partial charge in [-0.15, -0.1) is 6.54 Å². The number of benzene rings is 2. The number of hydrogen-bond acceptors (Lipinski definition) is 13.